The van der Waals surface area contributed by atoms with Crippen molar-refractivity contribution in [2.75, 3.05) is 11.5 Å². The summed E-state index contributed by atoms with van der Waals surface area (Å²) in [7, 11) is 0. The largest absolute Gasteiger partial charge is 0.457 e. The third kappa shape index (κ3) is 7.52. The van der Waals surface area contributed by atoms with Gasteiger partial charge in [0.2, 0.25) is 0 Å². The zero-order valence-corrected chi connectivity index (χ0v) is 34.2. The third-order valence-corrected chi connectivity index (χ3v) is 15.8. The van der Waals surface area contributed by atoms with Crippen molar-refractivity contribution in [2.45, 2.75) is 117 Å². The summed E-state index contributed by atoms with van der Waals surface area (Å²) in [4.78, 5) is 0. The topological polar surface area (TPSA) is 70.5 Å². The third-order valence-electron chi connectivity index (χ3n) is 15.8. The Kier molecular flexibility index (Phi) is 10.7. The van der Waals surface area contributed by atoms with Gasteiger partial charge in [0.15, 0.2) is 0 Å². The molecule has 0 saturated heterocycles. The smallest absolute Gasteiger partial charge is 0.127 e. The van der Waals surface area contributed by atoms with Crippen molar-refractivity contribution in [1.82, 2.24) is 0 Å². The highest BCUT2D eigenvalue weighted by Gasteiger charge is 2.62. The molecule has 55 heavy (non-hydrogen) atoms. The molecule has 4 aliphatic rings. The van der Waals surface area contributed by atoms with Crippen LogP contribution in [0.3, 0.4) is 0 Å². The van der Waals surface area contributed by atoms with Crippen molar-refractivity contribution in [3.63, 3.8) is 0 Å². The number of nitrogen functional groups attached to an aromatic ring is 2. The van der Waals surface area contributed by atoms with Crippen LogP contribution < -0.4 is 20.9 Å². The maximum absolute atomic E-state index is 6.48. The van der Waals surface area contributed by atoms with Gasteiger partial charge in [-0.05, 0) is 199 Å². The standard InChI is InChI=1S/C51H66N2O2/c1-33(2)8-6-9-34(3)45-26-27-46-44-24-25-48-49(36-10-7-11-42(32-36)55-41-22-16-38(53)17-23-41)43(28-30-51(48,5)47(44)29-31-50(45,46)4)35-12-18-39(19-13-35)54-40-20-14-37(52)15-21-40/h7,10-23,32-34,43-49H,6,8-9,24-31,52-53H2,1-5H3. The summed E-state index contributed by atoms with van der Waals surface area (Å²) >= 11 is 0. The van der Waals surface area contributed by atoms with Crippen LogP contribution >= 0.6 is 0 Å². The van der Waals surface area contributed by atoms with Crippen molar-refractivity contribution in [2.24, 2.45) is 52.3 Å². The summed E-state index contributed by atoms with van der Waals surface area (Å²) < 4.78 is 12.7. The lowest BCUT2D eigenvalue weighted by Gasteiger charge is -2.63. The van der Waals surface area contributed by atoms with Crippen LogP contribution in [0.25, 0.3) is 0 Å². The molecule has 4 fully saturated rings. The average Bonchev–Trinajstić information content (AvgIpc) is 3.54. The quantitative estimate of drug-likeness (QED) is 0.150. The minimum Gasteiger partial charge on any atom is -0.457 e. The maximum atomic E-state index is 6.48. The van der Waals surface area contributed by atoms with Gasteiger partial charge < -0.3 is 20.9 Å². The highest BCUT2D eigenvalue weighted by atomic mass is 16.5. The van der Waals surface area contributed by atoms with Gasteiger partial charge in [0.25, 0.3) is 0 Å². The highest BCUT2D eigenvalue weighted by molar-refractivity contribution is 5.45. The molecule has 4 N–H and O–H groups in total. The van der Waals surface area contributed by atoms with E-state index in [9.17, 15) is 0 Å². The van der Waals surface area contributed by atoms with Gasteiger partial charge in [-0.25, -0.2) is 0 Å². The van der Waals surface area contributed by atoms with E-state index in [0.717, 1.165) is 69.9 Å². The van der Waals surface area contributed by atoms with Crippen LogP contribution in [0.15, 0.2) is 97.1 Å². The predicted octanol–water partition coefficient (Wildman–Crippen LogP) is 14.0. The molecular weight excluding hydrogens is 673 g/mol. The first-order valence-corrected chi connectivity index (χ1v) is 21.8. The van der Waals surface area contributed by atoms with Crippen LogP contribution in [0, 0.1) is 52.3 Å². The first-order valence-electron chi connectivity index (χ1n) is 21.8. The van der Waals surface area contributed by atoms with E-state index in [-0.39, 0.29) is 0 Å². The summed E-state index contributed by atoms with van der Waals surface area (Å²) in [6.45, 7) is 12.9. The first-order chi connectivity index (χ1) is 26.5. The number of benzene rings is 4. The van der Waals surface area contributed by atoms with Crippen LogP contribution in [0.1, 0.15) is 128 Å². The molecule has 0 radical (unpaired) electrons. The molecule has 4 aromatic carbocycles. The van der Waals surface area contributed by atoms with E-state index in [4.69, 9.17) is 20.9 Å². The van der Waals surface area contributed by atoms with Crippen molar-refractivity contribution in [1.29, 1.82) is 0 Å². The van der Waals surface area contributed by atoms with Crippen LogP contribution in [-0.4, -0.2) is 0 Å². The maximum Gasteiger partial charge on any atom is 0.127 e. The van der Waals surface area contributed by atoms with E-state index in [1.165, 1.54) is 81.8 Å². The van der Waals surface area contributed by atoms with Crippen molar-refractivity contribution in [3.8, 4) is 23.0 Å². The minimum absolute atomic E-state index is 0.332. The summed E-state index contributed by atoms with van der Waals surface area (Å²) in [6.07, 6.45) is 15.2. The van der Waals surface area contributed by atoms with Crippen LogP contribution in [-0.2, 0) is 0 Å². The fraction of sp³-hybridized carbons (Fsp3) is 0.529. The zero-order valence-electron chi connectivity index (χ0n) is 34.2. The molecule has 0 aromatic heterocycles. The minimum atomic E-state index is 0.332. The van der Waals surface area contributed by atoms with E-state index in [0.29, 0.717) is 28.6 Å². The van der Waals surface area contributed by atoms with Crippen molar-refractivity contribution >= 4 is 11.4 Å². The average molecular weight is 739 g/mol. The molecule has 0 spiro atoms. The van der Waals surface area contributed by atoms with Gasteiger partial charge in [0.1, 0.15) is 23.0 Å². The van der Waals surface area contributed by atoms with Gasteiger partial charge in [0, 0.05) is 11.4 Å². The monoisotopic (exact) mass is 739 g/mol. The molecule has 0 aliphatic heterocycles. The number of fused-ring (bicyclic) bond motifs is 5. The van der Waals surface area contributed by atoms with E-state index in [2.05, 4.69) is 83.1 Å². The molecule has 4 saturated carbocycles. The van der Waals surface area contributed by atoms with Crippen LogP contribution in [0.2, 0.25) is 0 Å². The summed E-state index contributed by atoms with van der Waals surface area (Å²) in [5.74, 6) is 10.0. The summed E-state index contributed by atoms with van der Waals surface area (Å²) in [5.41, 5.74) is 17.1. The molecule has 0 heterocycles. The van der Waals surface area contributed by atoms with Gasteiger partial charge in [-0.15, -0.1) is 0 Å². The van der Waals surface area contributed by atoms with Gasteiger partial charge in [-0.2, -0.15) is 0 Å². The molecule has 0 bridgehead atoms. The molecule has 10 atom stereocenters. The first kappa shape index (κ1) is 38.0. The Morgan fingerprint density at radius 3 is 1.82 bits per heavy atom. The number of anilines is 2. The molecular formula is C51H66N2O2. The molecule has 292 valence electrons. The van der Waals surface area contributed by atoms with Gasteiger partial charge in [-0.3, -0.25) is 0 Å². The molecule has 8 rings (SSSR count). The van der Waals surface area contributed by atoms with Crippen molar-refractivity contribution < 1.29 is 9.47 Å². The molecule has 10 unspecified atom stereocenters. The van der Waals surface area contributed by atoms with Crippen LogP contribution in [0.4, 0.5) is 11.4 Å². The molecule has 4 heteroatoms. The Labute approximate surface area is 331 Å². The molecule has 4 nitrogen and oxygen atoms in total. The fourth-order valence-corrected chi connectivity index (χ4v) is 13.1. The van der Waals surface area contributed by atoms with Gasteiger partial charge >= 0.3 is 0 Å². The Morgan fingerprint density at radius 2 is 1.16 bits per heavy atom. The summed E-state index contributed by atoms with van der Waals surface area (Å²) in [6, 6.07) is 33.5. The fourth-order valence-electron chi connectivity index (χ4n) is 13.1. The Hall–Kier alpha value is -3.92. The van der Waals surface area contributed by atoms with Crippen molar-refractivity contribution in [3.05, 3.63) is 108 Å². The lowest BCUT2D eigenvalue weighted by molar-refractivity contribution is -0.123. The van der Waals surface area contributed by atoms with E-state index < -0.39 is 0 Å². The van der Waals surface area contributed by atoms with Crippen LogP contribution in [0.5, 0.6) is 23.0 Å². The van der Waals surface area contributed by atoms with E-state index >= 15 is 0 Å². The second-order valence-corrected chi connectivity index (χ2v) is 19.3. The Balaban J connectivity index is 1.08. The molecule has 4 aliphatic carbocycles. The predicted molar refractivity (Wildman–Crippen MR) is 229 cm³/mol. The number of hydrogen-bond acceptors (Lipinski definition) is 4. The van der Waals surface area contributed by atoms with E-state index in [1.807, 2.05) is 48.5 Å². The number of hydrogen-bond donors (Lipinski definition) is 2. The lowest BCUT2D eigenvalue weighted by Crippen LogP contribution is -2.55. The molecule has 0 amide bonds. The zero-order chi connectivity index (χ0) is 38.3. The van der Waals surface area contributed by atoms with Gasteiger partial charge in [-0.1, -0.05) is 78.1 Å². The number of ether oxygens (including phenoxy) is 2. The second-order valence-electron chi connectivity index (χ2n) is 19.3. The molecule has 4 aromatic rings. The second kappa shape index (κ2) is 15.5. The number of rotatable bonds is 11. The summed E-state index contributed by atoms with van der Waals surface area (Å²) in [5, 5.41) is 0. The highest BCUT2D eigenvalue weighted by Crippen LogP contribution is 2.71. The lowest BCUT2D eigenvalue weighted by atomic mass is 9.41. The SMILES string of the molecule is CC(C)CCCC(C)C1CCC2C3CCC4C(c5cccc(Oc6ccc(N)cc6)c5)C(c5ccc(Oc6ccc(N)cc6)cc5)CCC4(C)C3CCC12C. The van der Waals surface area contributed by atoms with E-state index in [1.54, 1.807) is 0 Å². The Bertz CT molecular complexity index is 1890. The normalized spacial score (nSPS) is 31.9. The van der Waals surface area contributed by atoms with Gasteiger partial charge in [0.05, 0.1) is 0 Å². The number of nitrogens with two attached hydrogens (primary N) is 2. The Morgan fingerprint density at radius 1 is 0.582 bits per heavy atom.